The lowest BCUT2D eigenvalue weighted by molar-refractivity contribution is -0.134. The number of thiocarbonyl (C=S) groups is 1. The number of pyridine rings is 1. The molecule has 1 saturated heterocycles. The van der Waals surface area contributed by atoms with Crippen molar-refractivity contribution in [2.24, 2.45) is 0 Å². The van der Waals surface area contributed by atoms with E-state index in [-0.39, 0.29) is 22.9 Å². The van der Waals surface area contributed by atoms with E-state index in [0.29, 0.717) is 30.2 Å². The number of ether oxygens (including phenoxy) is 3. The number of hydrogen-bond donors (Lipinski definition) is 0. The van der Waals surface area contributed by atoms with Crippen LogP contribution in [0.3, 0.4) is 0 Å². The third-order valence-electron chi connectivity index (χ3n) is 3.98. The van der Waals surface area contributed by atoms with E-state index >= 15 is 0 Å². The Morgan fingerprint density at radius 1 is 1.30 bits per heavy atom. The average molecular weight is 405 g/mol. The molecule has 1 amide bonds. The minimum atomic E-state index is -0.111. The highest BCUT2D eigenvalue weighted by Gasteiger charge is 2.30. The molecule has 1 aliphatic rings. The fourth-order valence-electron chi connectivity index (χ4n) is 2.62. The number of carbonyl (C=O) groups is 1. The second-order valence-corrected chi connectivity index (χ2v) is 7.35. The molecule has 142 valence electrons. The van der Waals surface area contributed by atoms with Gasteiger partial charge in [-0.05, 0) is 36.5 Å². The zero-order valence-corrected chi connectivity index (χ0v) is 16.5. The molecule has 0 spiro atoms. The van der Waals surface area contributed by atoms with Crippen LogP contribution in [-0.2, 0) is 9.53 Å². The molecule has 8 heteroatoms. The third-order valence-corrected chi connectivity index (χ3v) is 5.53. The van der Waals surface area contributed by atoms with Gasteiger partial charge in [0.15, 0.2) is 23.2 Å². The van der Waals surface area contributed by atoms with Crippen LogP contribution in [0.4, 0.5) is 0 Å². The molecule has 1 aromatic heterocycles. The summed E-state index contributed by atoms with van der Waals surface area (Å²) < 4.78 is 16.6. The van der Waals surface area contributed by atoms with Crippen molar-refractivity contribution in [3.8, 4) is 11.5 Å². The van der Waals surface area contributed by atoms with E-state index in [2.05, 4.69) is 4.98 Å². The van der Waals surface area contributed by atoms with Gasteiger partial charge in [0, 0.05) is 30.3 Å². The molecule has 2 aromatic rings. The number of aromatic nitrogens is 1. The Morgan fingerprint density at radius 3 is 2.85 bits per heavy atom. The van der Waals surface area contributed by atoms with Crippen molar-refractivity contribution in [2.45, 2.75) is 5.37 Å². The fraction of sp³-hybridized carbons (Fsp3) is 0.316. The van der Waals surface area contributed by atoms with Crippen molar-refractivity contribution in [3.63, 3.8) is 0 Å². The van der Waals surface area contributed by atoms with Crippen molar-refractivity contribution in [2.75, 3.05) is 32.6 Å². The number of amides is 1. The van der Waals surface area contributed by atoms with Crippen molar-refractivity contribution in [1.29, 1.82) is 0 Å². The first-order chi connectivity index (χ1) is 13.2. The van der Waals surface area contributed by atoms with Gasteiger partial charge in [0.25, 0.3) is 5.91 Å². The molecular weight excluding hydrogens is 384 g/mol. The number of thioether (sulfide) groups is 1. The lowest BCUT2D eigenvalue weighted by Crippen LogP contribution is -2.40. The Balaban J connectivity index is 1.52. The van der Waals surface area contributed by atoms with Crippen LogP contribution in [0.5, 0.6) is 11.5 Å². The maximum atomic E-state index is 12.6. The van der Waals surface area contributed by atoms with Crippen LogP contribution >= 0.6 is 24.0 Å². The molecule has 0 bridgehead atoms. The molecule has 1 aliphatic heterocycles. The summed E-state index contributed by atoms with van der Waals surface area (Å²) in [4.78, 5) is 18.3. The fourth-order valence-corrected chi connectivity index (χ4v) is 3.94. The van der Waals surface area contributed by atoms with Gasteiger partial charge in [-0.25, -0.2) is 0 Å². The van der Waals surface area contributed by atoms with E-state index in [1.165, 1.54) is 0 Å². The summed E-state index contributed by atoms with van der Waals surface area (Å²) in [5.41, 5.74) is 0.687. The van der Waals surface area contributed by atoms with E-state index in [4.69, 9.17) is 26.4 Å². The average Bonchev–Trinajstić information content (AvgIpc) is 3.19. The Kier molecular flexibility index (Phi) is 6.89. The number of benzene rings is 1. The summed E-state index contributed by atoms with van der Waals surface area (Å²) in [5, 5.41) is 0.197. The molecule has 1 aromatic carbocycles. The van der Waals surface area contributed by atoms with E-state index in [9.17, 15) is 4.79 Å². The van der Waals surface area contributed by atoms with Crippen LogP contribution in [0.15, 0.2) is 48.8 Å². The van der Waals surface area contributed by atoms with Crippen molar-refractivity contribution in [1.82, 2.24) is 9.88 Å². The number of nitrogens with zero attached hydrogens (tertiary/aromatic N) is 2. The minimum Gasteiger partial charge on any atom is -0.493 e. The maximum absolute atomic E-state index is 12.6. The van der Waals surface area contributed by atoms with Gasteiger partial charge in [-0.1, -0.05) is 12.1 Å². The van der Waals surface area contributed by atoms with E-state index in [1.807, 2.05) is 24.3 Å². The summed E-state index contributed by atoms with van der Waals surface area (Å²) in [6, 6.07) is 11.0. The SMILES string of the molecule is COc1ccccc1OC[C@@H]1SCCN1C(=O)COC(=S)c1cccnc1. The third kappa shape index (κ3) is 5.11. The van der Waals surface area contributed by atoms with Gasteiger partial charge in [0.05, 0.1) is 7.11 Å². The topological polar surface area (TPSA) is 60.9 Å². The van der Waals surface area contributed by atoms with Crippen LogP contribution in [0.2, 0.25) is 0 Å². The van der Waals surface area contributed by atoms with Gasteiger partial charge in [-0.2, -0.15) is 0 Å². The van der Waals surface area contributed by atoms with Crippen LogP contribution in [0.1, 0.15) is 5.56 Å². The lowest BCUT2D eigenvalue weighted by Gasteiger charge is -2.24. The molecule has 6 nitrogen and oxygen atoms in total. The first kappa shape index (κ1) is 19.4. The van der Waals surface area contributed by atoms with E-state index in [1.54, 1.807) is 48.3 Å². The second kappa shape index (κ2) is 9.57. The quantitative estimate of drug-likeness (QED) is 0.658. The first-order valence-electron chi connectivity index (χ1n) is 8.43. The molecule has 0 N–H and O–H groups in total. The molecule has 0 aliphatic carbocycles. The Morgan fingerprint density at radius 2 is 2.11 bits per heavy atom. The van der Waals surface area contributed by atoms with Crippen LogP contribution in [0, 0.1) is 0 Å². The second-order valence-electron chi connectivity index (χ2n) is 5.69. The lowest BCUT2D eigenvalue weighted by atomic mass is 10.3. The first-order valence-corrected chi connectivity index (χ1v) is 9.89. The molecule has 3 rings (SSSR count). The zero-order chi connectivity index (χ0) is 19.1. The molecule has 27 heavy (non-hydrogen) atoms. The highest BCUT2D eigenvalue weighted by Crippen LogP contribution is 2.29. The molecule has 0 saturated carbocycles. The van der Waals surface area contributed by atoms with Gasteiger partial charge in [0.1, 0.15) is 12.0 Å². The highest BCUT2D eigenvalue weighted by atomic mass is 32.2. The van der Waals surface area contributed by atoms with Crippen LogP contribution < -0.4 is 9.47 Å². The standard InChI is InChI=1S/C19H20N2O4S2/c1-23-15-6-2-3-7-16(15)24-13-18-21(9-10-27-18)17(22)12-25-19(26)14-5-4-8-20-11-14/h2-8,11,18H,9-10,12-13H2,1H3/t18-/m0/s1. The summed E-state index contributed by atoms with van der Waals surface area (Å²) in [6.07, 6.45) is 3.27. The Hall–Kier alpha value is -2.32. The molecule has 0 unspecified atom stereocenters. The Bertz CT molecular complexity index is 788. The predicted octanol–water partition coefficient (Wildman–Crippen LogP) is 2.76. The summed E-state index contributed by atoms with van der Waals surface area (Å²) in [5.74, 6) is 2.08. The van der Waals surface area contributed by atoms with Gasteiger partial charge >= 0.3 is 0 Å². The smallest absolute Gasteiger partial charge is 0.261 e. The number of hydrogen-bond acceptors (Lipinski definition) is 7. The molecule has 2 heterocycles. The van der Waals surface area contributed by atoms with Crippen molar-refractivity contribution in [3.05, 3.63) is 54.4 Å². The summed E-state index contributed by atoms with van der Waals surface area (Å²) in [7, 11) is 1.60. The van der Waals surface area contributed by atoms with Crippen LogP contribution in [-0.4, -0.2) is 58.8 Å². The maximum Gasteiger partial charge on any atom is 0.261 e. The number of carbonyl (C=O) groups excluding carboxylic acids is 1. The van der Waals surface area contributed by atoms with Gasteiger partial charge in [-0.15, -0.1) is 11.8 Å². The van der Waals surface area contributed by atoms with Crippen molar-refractivity contribution >= 4 is 34.9 Å². The highest BCUT2D eigenvalue weighted by molar-refractivity contribution is 8.00. The molecule has 0 radical (unpaired) electrons. The van der Waals surface area contributed by atoms with E-state index in [0.717, 1.165) is 5.75 Å². The summed E-state index contributed by atoms with van der Waals surface area (Å²) in [6.45, 7) is 0.940. The Labute approximate surface area is 167 Å². The number of rotatable bonds is 7. The number of methoxy groups -OCH3 is 1. The predicted molar refractivity (Wildman–Crippen MR) is 108 cm³/mol. The molecule has 1 atom stereocenters. The van der Waals surface area contributed by atoms with Gasteiger partial charge in [0.2, 0.25) is 0 Å². The summed E-state index contributed by atoms with van der Waals surface area (Å²) >= 11 is 6.89. The van der Waals surface area contributed by atoms with Crippen LogP contribution in [0.25, 0.3) is 0 Å². The largest absolute Gasteiger partial charge is 0.493 e. The molecule has 1 fully saturated rings. The van der Waals surface area contributed by atoms with Crippen molar-refractivity contribution < 1.29 is 19.0 Å². The van der Waals surface area contributed by atoms with E-state index < -0.39 is 0 Å². The van der Waals surface area contributed by atoms with Gasteiger partial charge in [-0.3, -0.25) is 9.78 Å². The monoisotopic (exact) mass is 404 g/mol. The van der Waals surface area contributed by atoms with Gasteiger partial charge < -0.3 is 19.1 Å². The normalized spacial score (nSPS) is 16.0. The zero-order valence-electron chi connectivity index (χ0n) is 14.9. The molecular formula is C19H20N2O4S2. The minimum absolute atomic E-state index is 0.0713. The number of para-hydroxylation sites is 2.